The number of ether oxygens (including phenoxy) is 1. The molecule has 1 aliphatic heterocycles. The summed E-state index contributed by atoms with van der Waals surface area (Å²) in [6.45, 7) is 8.63. The average molecular weight is 451 g/mol. The minimum absolute atomic E-state index is 0.123. The van der Waals surface area contributed by atoms with Gasteiger partial charge in [-0.1, -0.05) is 12.1 Å². The lowest BCUT2D eigenvalue weighted by atomic mass is 10.2. The van der Waals surface area contributed by atoms with Crippen molar-refractivity contribution in [2.45, 2.75) is 26.9 Å². The quantitative estimate of drug-likeness (QED) is 0.500. The number of aryl methyl sites for hydroxylation is 2. The summed E-state index contributed by atoms with van der Waals surface area (Å²) in [5.41, 5.74) is 1.77. The van der Waals surface area contributed by atoms with Crippen LogP contribution in [0.1, 0.15) is 22.1 Å². The number of para-hydroxylation sites is 1. The molecule has 3 aromatic heterocycles. The van der Waals surface area contributed by atoms with Crippen LogP contribution in [0.2, 0.25) is 0 Å². The van der Waals surface area contributed by atoms with Crippen LogP contribution in [0.4, 0.5) is 5.82 Å². The molecule has 0 bridgehead atoms. The fraction of sp³-hybridized carbons (Fsp3) is 0.391. The molecule has 1 aliphatic rings. The zero-order chi connectivity index (χ0) is 22.2. The smallest absolute Gasteiger partial charge is 0.258 e. The van der Waals surface area contributed by atoms with Crippen LogP contribution in [0.5, 0.6) is 0 Å². The number of thiophene rings is 1. The maximum Gasteiger partial charge on any atom is 0.258 e. The number of rotatable bonds is 5. The average Bonchev–Trinajstić information content (AvgIpc) is 3.07. The summed E-state index contributed by atoms with van der Waals surface area (Å²) in [6, 6.07) is 7.40. The third-order valence-electron chi connectivity index (χ3n) is 5.94. The predicted molar refractivity (Wildman–Crippen MR) is 127 cm³/mol. The maximum atomic E-state index is 12.5. The Hall–Kier alpha value is -2.88. The van der Waals surface area contributed by atoms with Crippen LogP contribution in [0.25, 0.3) is 21.1 Å². The molecule has 0 saturated carbocycles. The molecule has 166 valence electrons. The number of aromatic nitrogens is 4. The minimum atomic E-state index is -0.123. The lowest BCUT2D eigenvalue weighted by molar-refractivity contribution is 0.0331. The van der Waals surface area contributed by atoms with Crippen molar-refractivity contribution >= 4 is 38.3 Å². The van der Waals surface area contributed by atoms with Crippen molar-refractivity contribution < 1.29 is 4.74 Å². The molecule has 0 atom stereocenters. The molecule has 1 saturated heterocycles. The Balaban J connectivity index is 1.52. The van der Waals surface area contributed by atoms with E-state index in [1.165, 1.54) is 10.4 Å². The van der Waals surface area contributed by atoms with Crippen LogP contribution in [-0.4, -0.2) is 58.2 Å². The number of morpholine rings is 1. The molecule has 4 aromatic rings. The van der Waals surface area contributed by atoms with Crippen LogP contribution in [0.15, 0.2) is 29.1 Å². The number of benzene rings is 1. The molecule has 0 unspecified atom stereocenters. The minimum Gasteiger partial charge on any atom is -0.379 e. The molecule has 0 aliphatic carbocycles. The number of H-pyrrole nitrogens is 1. The molecule has 32 heavy (non-hydrogen) atoms. The molecule has 9 heteroatoms. The Bertz CT molecular complexity index is 1340. The zero-order valence-electron chi connectivity index (χ0n) is 18.5. The number of anilines is 1. The first-order valence-electron chi connectivity index (χ1n) is 10.8. The predicted octanol–water partition coefficient (Wildman–Crippen LogP) is 3.01. The van der Waals surface area contributed by atoms with Crippen LogP contribution in [0, 0.1) is 13.8 Å². The number of hydrogen-bond acceptors (Lipinski definition) is 8. The molecule has 1 N–H and O–H groups in total. The number of hydrogen-bond donors (Lipinski definition) is 1. The van der Waals surface area contributed by atoms with Crippen molar-refractivity contribution in [3.8, 4) is 0 Å². The summed E-state index contributed by atoms with van der Waals surface area (Å²) in [5, 5.41) is 1.67. The van der Waals surface area contributed by atoms with E-state index in [0.717, 1.165) is 48.2 Å². The summed E-state index contributed by atoms with van der Waals surface area (Å²) in [4.78, 5) is 36.6. The largest absolute Gasteiger partial charge is 0.379 e. The van der Waals surface area contributed by atoms with Gasteiger partial charge in [0.15, 0.2) is 0 Å². The van der Waals surface area contributed by atoms with Gasteiger partial charge in [0.05, 0.1) is 42.6 Å². The maximum absolute atomic E-state index is 12.5. The fourth-order valence-electron chi connectivity index (χ4n) is 4.09. The van der Waals surface area contributed by atoms with Gasteiger partial charge in [0.2, 0.25) is 0 Å². The van der Waals surface area contributed by atoms with Gasteiger partial charge in [-0.3, -0.25) is 9.69 Å². The molecule has 1 fully saturated rings. The van der Waals surface area contributed by atoms with Gasteiger partial charge in [0.1, 0.15) is 22.3 Å². The van der Waals surface area contributed by atoms with E-state index in [1.807, 2.05) is 25.2 Å². The topological polar surface area (TPSA) is 87.2 Å². The second kappa shape index (κ2) is 8.57. The molecule has 5 rings (SSSR count). The molecular formula is C23H26N6O2S. The van der Waals surface area contributed by atoms with Gasteiger partial charge in [-0.15, -0.1) is 11.3 Å². The second-order valence-electron chi connectivity index (χ2n) is 8.20. The summed E-state index contributed by atoms with van der Waals surface area (Å²) in [5.74, 6) is 2.29. The highest BCUT2D eigenvalue weighted by atomic mass is 32.1. The zero-order valence-corrected chi connectivity index (χ0v) is 19.3. The van der Waals surface area contributed by atoms with Crippen molar-refractivity contribution in [2.24, 2.45) is 0 Å². The molecule has 0 radical (unpaired) electrons. The van der Waals surface area contributed by atoms with E-state index >= 15 is 0 Å². The van der Waals surface area contributed by atoms with E-state index in [1.54, 1.807) is 17.4 Å². The van der Waals surface area contributed by atoms with E-state index in [2.05, 4.69) is 33.6 Å². The van der Waals surface area contributed by atoms with Crippen molar-refractivity contribution in [1.29, 1.82) is 0 Å². The van der Waals surface area contributed by atoms with Gasteiger partial charge in [-0.05, 0) is 31.5 Å². The Morgan fingerprint density at radius 2 is 1.94 bits per heavy atom. The third kappa shape index (κ3) is 3.99. The SMILES string of the molecule is Cc1sc2nc(CN3CCOCC3)nc(N(C)Cc3nc4ccccc4c(=O)[nH]3)c2c1C. The third-order valence-corrected chi connectivity index (χ3v) is 7.04. The Kier molecular flexibility index (Phi) is 5.62. The molecule has 8 nitrogen and oxygen atoms in total. The molecule has 0 amide bonds. The van der Waals surface area contributed by atoms with Crippen molar-refractivity contribution in [1.82, 2.24) is 24.8 Å². The molecule has 4 heterocycles. The highest BCUT2D eigenvalue weighted by molar-refractivity contribution is 7.18. The first-order valence-corrected chi connectivity index (χ1v) is 11.6. The fourth-order valence-corrected chi connectivity index (χ4v) is 5.13. The summed E-state index contributed by atoms with van der Waals surface area (Å²) in [7, 11) is 1.99. The Labute approximate surface area is 189 Å². The Morgan fingerprint density at radius 1 is 1.16 bits per heavy atom. The lowest BCUT2D eigenvalue weighted by Gasteiger charge is -2.26. The van der Waals surface area contributed by atoms with Crippen molar-refractivity contribution in [3.63, 3.8) is 0 Å². The number of nitrogens with zero attached hydrogens (tertiary/aromatic N) is 5. The first-order chi connectivity index (χ1) is 15.5. The monoisotopic (exact) mass is 450 g/mol. The van der Waals surface area contributed by atoms with Crippen molar-refractivity contribution in [2.75, 3.05) is 38.3 Å². The van der Waals surface area contributed by atoms with E-state index in [0.29, 0.717) is 29.8 Å². The van der Waals surface area contributed by atoms with E-state index < -0.39 is 0 Å². The number of aromatic amines is 1. The highest BCUT2D eigenvalue weighted by Gasteiger charge is 2.20. The van der Waals surface area contributed by atoms with Gasteiger partial charge < -0.3 is 14.6 Å². The first kappa shape index (κ1) is 21.0. The normalized spacial score (nSPS) is 15.0. The van der Waals surface area contributed by atoms with E-state index in [4.69, 9.17) is 14.7 Å². The number of nitrogens with one attached hydrogen (secondary N) is 1. The lowest BCUT2D eigenvalue weighted by Crippen LogP contribution is -2.36. The summed E-state index contributed by atoms with van der Waals surface area (Å²) in [6.07, 6.45) is 0. The summed E-state index contributed by atoms with van der Waals surface area (Å²) < 4.78 is 5.47. The second-order valence-corrected chi connectivity index (χ2v) is 9.40. The van der Waals surface area contributed by atoms with Gasteiger partial charge in [-0.25, -0.2) is 15.0 Å². The van der Waals surface area contributed by atoms with Crippen LogP contribution >= 0.6 is 11.3 Å². The van der Waals surface area contributed by atoms with Crippen LogP contribution in [-0.2, 0) is 17.8 Å². The van der Waals surface area contributed by atoms with Gasteiger partial charge in [-0.2, -0.15) is 0 Å². The van der Waals surface area contributed by atoms with E-state index in [-0.39, 0.29) is 5.56 Å². The van der Waals surface area contributed by atoms with Crippen LogP contribution in [0.3, 0.4) is 0 Å². The summed E-state index contributed by atoms with van der Waals surface area (Å²) >= 11 is 1.70. The van der Waals surface area contributed by atoms with Gasteiger partial charge in [0, 0.05) is 25.0 Å². The Morgan fingerprint density at radius 3 is 2.75 bits per heavy atom. The standard InChI is InChI=1S/C23H26N6O2S/c1-14-15(2)32-23-20(14)21(25-19(27-23)13-29-8-10-31-11-9-29)28(3)12-18-24-17-7-5-4-6-16(17)22(30)26-18/h4-7H,8-13H2,1-3H3,(H,24,26,30). The van der Waals surface area contributed by atoms with Gasteiger partial charge >= 0.3 is 0 Å². The molecule has 0 spiro atoms. The molecule has 1 aromatic carbocycles. The van der Waals surface area contributed by atoms with E-state index in [9.17, 15) is 4.79 Å². The highest BCUT2D eigenvalue weighted by Crippen LogP contribution is 2.35. The molecular weight excluding hydrogens is 424 g/mol. The van der Waals surface area contributed by atoms with Gasteiger partial charge in [0.25, 0.3) is 5.56 Å². The van der Waals surface area contributed by atoms with Crippen molar-refractivity contribution in [3.05, 3.63) is 56.7 Å². The number of fused-ring (bicyclic) bond motifs is 2. The van der Waals surface area contributed by atoms with Crippen LogP contribution < -0.4 is 10.5 Å².